The average Bonchev–Trinajstić information content (AvgIpc) is 2.80. The molecule has 0 aromatic heterocycles. The Morgan fingerprint density at radius 3 is 2.67 bits per heavy atom. The maximum Gasteiger partial charge on any atom is 0.329 e. The zero-order chi connectivity index (χ0) is 17.7. The molecule has 1 aromatic carbocycles. The second-order valence-corrected chi connectivity index (χ2v) is 6.24. The Kier molecular flexibility index (Phi) is 6.16. The fourth-order valence-corrected chi connectivity index (χ4v) is 2.49. The Morgan fingerprint density at radius 2 is 2.04 bits per heavy atom. The molecule has 130 valence electrons. The van der Waals surface area contributed by atoms with Crippen LogP contribution in [0.1, 0.15) is 26.2 Å². The first kappa shape index (κ1) is 18.2. The van der Waals surface area contributed by atoms with E-state index in [4.69, 9.17) is 17.3 Å². The van der Waals surface area contributed by atoms with E-state index >= 15 is 0 Å². The third-order valence-corrected chi connectivity index (χ3v) is 3.94. The first-order valence-corrected chi connectivity index (χ1v) is 8.18. The number of carbonyl (C=O) groups excluding carboxylic acids is 3. The summed E-state index contributed by atoms with van der Waals surface area (Å²) in [6.45, 7) is 2.36. The lowest BCUT2D eigenvalue weighted by molar-refractivity contribution is -0.121. The van der Waals surface area contributed by atoms with Gasteiger partial charge < -0.3 is 16.4 Å². The van der Waals surface area contributed by atoms with Crippen LogP contribution in [0.4, 0.5) is 10.5 Å². The van der Waals surface area contributed by atoms with Crippen LogP contribution in [-0.2, 0) is 9.59 Å². The molecule has 8 heteroatoms. The van der Waals surface area contributed by atoms with Gasteiger partial charge in [-0.1, -0.05) is 11.6 Å². The fraction of sp³-hybridized carbons (Fsp3) is 0.438. The second-order valence-electron chi connectivity index (χ2n) is 5.81. The fourth-order valence-electron chi connectivity index (χ4n) is 2.36. The molecule has 1 aliphatic rings. The van der Waals surface area contributed by atoms with Crippen LogP contribution in [0.5, 0.6) is 0 Å². The van der Waals surface area contributed by atoms with E-state index in [1.165, 1.54) is 0 Å². The lowest BCUT2D eigenvalue weighted by Crippen LogP contribution is -2.33. The number of benzene rings is 1. The smallest absolute Gasteiger partial charge is 0.329 e. The van der Waals surface area contributed by atoms with Gasteiger partial charge in [0, 0.05) is 24.0 Å². The van der Waals surface area contributed by atoms with Gasteiger partial charge in [0.1, 0.15) is 6.04 Å². The van der Waals surface area contributed by atoms with Gasteiger partial charge in [-0.05, 0) is 44.0 Å². The summed E-state index contributed by atoms with van der Waals surface area (Å²) < 4.78 is 0. The van der Waals surface area contributed by atoms with E-state index < -0.39 is 12.1 Å². The molecule has 0 bridgehead atoms. The minimum Gasteiger partial charge on any atom is -0.356 e. The Balaban J connectivity index is 1.87. The van der Waals surface area contributed by atoms with Gasteiger partial charge in [-0.3, -0.25) is 9.59 Å². The summed E-state index contributed by atoms with van der Waals surface area (Å²) in [7, 11) is 0. The van der Waals surface area contributed by atoms with Crippen molar-refractivity contribution in [1.29, 1.82) is 0 Å². The lowest BCUT2D eigenvalue weighted by Gasteiger charge is -2.13. The van der Waals surface area contributed by atoms with Crippen LogP contribution >= 0.6 is 11.6 Å². The number of nitrogens with one attached hydrogen (secondary N) is 2. The van der Waals surface area contributed by atoms with Crippen molar-refractivity contribution in [3.05, 3.63) is 29.3 Å². The molecule has 0 radical (unpaired) electrons. The van der Waals surface area contributed by atoms with E-state index in [-0.39, 0.29) is 30.7 Å². The van der Waals surface area contributed by atoms with Crippen LogP contribution in [0.3, 0.4) is 0 Å². The quantitative estimate of drug-likeness (QED) is 0.645. The van der Waals surface area contributed by atoms with E-state index in [9.17, 15) is 14.4 Å². The van der Waals surface area contributed by atoms with E-state index in [1.54, 1.807) is 24.3 Å². The molecule has 2 atom stereocenters. The van der Waals surface area contributed by atoms with E-state index in [1.807, 2.05) is 6.92 Å². The molecule has 1 aromatic rings. The first-order chi connectivity index (χ1) is 11.4. The molecule has 2 unspecified atom stereocenters. The summed E-state index contributed by atoms with van der Waals surface area (Å²) in [6.07, 6.45) is 1.10. The SMILES string of the molecule is CC(N)CCNC(=O)CCC1NC(=O)N(c2ccc(Cl)cc2)C1=O. The molecule has 24 heavy (non-hydrogen) atoms. The van der Waals surface area contributed by atoms with Crippen molar-refractivity contribution in [2.24, 2.45) is 5.73 Å². The van der Waals surface area contributed by atoms with E-state index in [0.717, 1.165) is 4.90 Å². The summed E-state index contributed by atoms with van der Waals surface area (Å²) >= 11 is 5.81. The summed E-state index contributed by atoms with van der Waals surface area (Å²) in [4.78, 5) is 37.2. The number of nitrogens with two attached hydrogens (primary N) is 1. The first-order valence-electron chi connectivity index (χ1n) is 7.81. The highest BCUT2D eigenvalue weighted by atomic mass is 35.5. The maximum absolute atomic E-state index is 12.4. The lowest BCUT2D eigenvalue weighted by atomic mass is 10.1. The number of anilines is 1. The Bertz CT molecular complexity index is 618. The molecule has 7 nitrogen and oxygen atoms in total. The Morgan fingerprint density at radius 1 is 1.38 bits per heavy atom. The highest BCUT2D eigenvalue weighted by Crippen LogP contribution is 2.23. The number of nitrogens with zero attached hydrogens (tertiary/aromatic N) is 1. The van der Waals surface area contributed by atoms with Crippen molar-refractivity contribution in [3.8, 4) is 0 Å². The second kappa shape index (κ2) is 8.12. The molecule has 0 saturated carbocycles. The maximum atomic E-state index is 12.4. The number of halogens is 1. The predicted octanol–water partition coefficient (Wildman–Crippen LogP) is 1.40. The third-order valence-electron chi connectivity index (χ3n) is 3.69. The number of imide groups is 1. The van der Waals surface area contributed by atoms with Crippen LogP contribution in [0.15, 0.2) is 24.3 Å². The van der Waals surface area contributed by atoms with Crippen molar-refractivity contribution < 1.29 is 14.4 Å². The van der Waals surface area contributed by atoms with Gasteiger partial charge in [-0.2, -0.15) is 0 Å². The predicted molar refractivity (Wildman–Crippen MR) is 91.8 cm³/mol. The third kappa shape index (κ3) is 4.69. The molecular weight excluding hydrogens is 332 g/mol. The average molecular weight is 353 g/mol. The number of amides is 4. The minimum absolute atomic E-state index is 0.0222. The summed E-state index contributed by atoms with van der Waals surface area (Å²) in [5.74, 6) is -0.534. The number of rotatable bonds is 7. The zero-order valence-electron chi connectivity index (χ0n) is 13.4. The Hall–Kier alpha value is -2.12. The van der Waals surface area contributed by atoms with Crippen LogP contribution in [0.25, 0.3) is 0 Å². The van der Waals surface area contributed by atoms with E-state index in [2.05, 4.69) is 10.6 Å². The van der Waals surface area contributed by atoms with Gasteiger partial charge in [0.15, 0.2) is 0 Å². The van der Waals surface area contributed by atoms with Crippen LogP contribution in [0.2, 0.25) is 5.02 Å². The summed E-state index contributed by atoms with van der Waals surface area (Å²) in [5, 5.41) is 5.86. The molecular formula is C16H21ClN4O3. The largest absolute Gasteiger partial charge is 0.356 e. The van der Waals surface area contributed by atoms with Crippen molar-refractivity contribution >= 4 is 35.1 Å². The van der Waals surface area contributed by atoms with Gasteiger partial charge in [0.05, 0.1) is 5.69 Å². The molecule has 1 saturated heterocycles. The molecule has 1 fully saturated rings. The molecule has 4 N–H and O–H groups in total. The molecule has 2 rings (SSSR count). The van der Waals surface area contributed by atoms with Gasteiger partial charge in [-0.25, -0.2) is 9.69 Å². The summed E-state index contributed by atoms with van der Waals surface area (Å²) in [5.41, 5.74) is 6.06. The van der Waals surface area contributed by atoms with Crippen molar-refractivity contribution in [1.82, 2.24) is 10.6 Å². The van der Waals surface area contributed by atoms with Crippen molar-refractivity contribution in [2.45, 2.75) is 38.3 Å². The van der Waals surface area contributed by atoms with Crippen molar-refractivity contribution in [3.63, 3.8) is 0 Å². The van der Waals surface area contributed by atoms with Gasteiger partial charge >= 0.3 is 6.03 Å². The number of carbonyl (C=O) groups is 3. The molecule has 0 spiro atoms. The number of hydrogen-bond acceptors (Lipinski definition) is 4. The number of hydrogen-bond donors (Lipinski definition) is 3. The molecule has 1 heterocycles. The normalized spacial score (nSPS) is 18.5. The van der Waals surface area contributed by atoms with E-state index in [0.29, 0.717) is 23.7 Å². The van der Waals surface area contributed by atoms with Gasteiger partial charge in [0.2, 0.25) is 5.91 Å². The number of urea groups is 1. The zero-order valence-corrected chi connectivity index (χ0v) is 14.2. The Labute approximate surface area is 145 Å². The molecule has 4 amide bonds. The van der Waals surface area contributed by atoms with Crippen LogP contribution < -0.4 is 21.3 Å². The van der Waals surface area contributed by atoms with Gasteiger partial charge in [-0.15, -0.1) is 0 Å². The summed E-state index contributed by atoms with van der Waals surface area (Å²) in [6, 6.07) is 5.24. The monoisotopic (exact) mass is 352 g/mol. The highest BCUT2D eigenvalue weighted by Gasteiger charge is 2.38. The van der Waals surface area contributed by atoms with Crippen LogP contribution in [-0.4, -0.2) is 36.5 Å². The van der Waals surface area contributed by atoms with Crippen LogP contribution in [0, 0.1) is 0 Å². The van der Waals surface area contributed by atoms with Crippen molar-refractivity contribution in [2.75, 3.05) is 11.4 Å². The minimum atomic E-state index is -0.702. The van der Waals surface area contributed by atoms with Gasteiger partial charge in [0.25, 0.3) is 5.91 Å². The highest BCUT2D eigenvalue weighted by molar-refractivity contribution is 6.30. The topological polar surface area (TPSA) is 105 Å². The molecule has 0 aliphatic carbocycles. The standard InChI is InChI=1S/C16H21ClN4O3/c1-10(18)8-9-19-14(22)7-6-13-15(23)21(16(24)20-13)12-4-2-11(17)3-5-12/h2-5,10,13H,6-9,18H2,1H3,(H,19,22)(H,20,24). The molecule has 1 aliphatic heterocycles.